The molecule has 0 radical (unpaired) electrons. The van der Waals surface area contributed by atoms with Gasteiger partial charge in [0, 0.05) is 17.9 Å². The highest BCUT2D eigenvalue weighted by molar-refractivity contribution is 5.52. The highest BCUT2D eigenvalue weighted by Crippen LogP contribution is 2.26. The van der Waals surface area contributed by atoms with E-state index < -0.39 is 0 Å². The van der Waals surface area contributed by atoms with Gasteiger partial charge in [-0.05, 0) is 56.5 Å². The summed E-state index contributed by atoms with van der Waals surface area (Å²) in [6.07, 6.45) is 3.08. The minimum Gasteiger partial charge on any atom is -0.487 e. The third-order valence-corrected chi connectivity index (χ3v) is 3.55. The van der Waals surface area contributed by atoms with Gasteiger partial charge >= 0.3 is 0 Å². The normalized spacial score (nSPS) is 12.4. The molecule has 2 N–H and O–H groups in total. The molecular weight excluding hydrogens is 250 g/mol. The van der Waals surface area contributed by atoms with Crippen molar-refractivity contribution in [1.29, 1.82) is 0 Å². The van der Waals surface area contributed by atoms with E-state index in [0.717, 1.165) is 34.7 Å². The molecule has 0 aliphatic rings. The largest absolute Gasteiger partial charge is 0.487 e. The summed E-state index contributed by atoms with van der Waals surface area (Å²) in [6.45, 7) is 8.82. The number of nitrogens with two attached hydrogens (primary N) is 1. The van der Waals surface area contributed by atoms with Crippen LogP contribution in [-0.2, 0) is 6.61 Å². The van der Waals surface area contributed by atoms with E-state index in [4.69, 9.17) is 10.5 Å². The van der Waals surface area contributed by atoms with Crippen LogP contribution in [-0.4, -0.2) is 9.78 Å². The first kappa shape index (κ1) is 14.4. The van der Waals surface area contributed by atoms with Gasteiger partial charge in [0.15, 0.2) is 0 Å². The van der Waals surface area contributed by atoms with Crippen LogP contribution in [0.3, 0.4) is 0 Å². The molecule has 0 saturated carbocycles. The fraction of sp³-hybridized carbons (Fsp3) is 0.438. The molecule has 0 aliphatic carbocycles. The Morgan fingerprint density at radius 1 is 1.30 bits per heavy atom. The van der Waals surface area contributed by atoms with Crippen molar-refractivity contribution >= 4 is 5.69 Å². The lowest BCUT2D eigenvalue weighted by atomic mass is 10.1. The molecule has 20 heavy (non-hydrogen) atoms. The summed E-state index contributed by atoms with van der Waals surface area (Å²) in [5, 5.41) is 4.54. The van der Waals surface area contributed by atoms with Gasteiger partial charge in [0.05, 0.1) is 5.69 Å². The number of nitrogens with zero attached hydrogens (tertiary/aromatic N) is 2. The van der Waals surface area contributed by atoms with Crippen molar-refractivity contribution < 1.29 is 4.74 Å². The van der Waals surface area contributed by atoms with Crippen molar-refractivity contribution in [3.05, 3.63) is 41.2 Å². The zero-order valence-corrected chi connectivity index (χ0v) is 12.7. The Hall–Kier alpha value is -1.97. The Morgan fingerprint density at radius 3 is 2.55 bits per heavy atom. The minimum absolute atomic E-state index is 0.420. The Labute approximate surface area is 120 Å². The van der Waals surface area contributed by atoms with Crippen molar-refractivity contribution in [2.45, 2.75) is 46.8 Å². The number of rotatable bonds is 5. The third kappa shape index (κ3) is 3.13. The van der Waals surface area contributed by atoms with Crippen molar-refractivity contribution in [2.24, 2.45) is 0 Å². The van der Waals surface area contributed by atoms with Gasteiger partial charge in [0.1, 0.15) is 12.4 Å². The molecule has 1 heterocycles. The maximum Gasteiger partial charge on any atom is 0.132 e. The van der Waals surface area contributed by atoms with Crippen LogP contribution in [0.5, 0.6) is 5.75 Å². The molecule has 1 atom stereocenters. The average molecular weight is 273 g/mol. The van der Waals surface area contributed by atoms with Crippen molar-refractivity contribution in [3.8, 4) is 5.75 Å². The molecule has 0 spiro atoms. The first-order chi connectivity index (χ1) is 9.51. The maximum absolute atomic E-state index is 5.90. The highest BCUT2D eigenvalue weighted by Gasteiger charge is 2.08. The zero-order valence-electron chi connectivity index (χ0n) is 12.7. The Morgan fingerprint density at radius 2 is 1.95 bits per heavy atom. The summed E-state index contributed by atoms with van der Waals surface area (Å²) in [5.74, 6) is 0.900. The highest BCUT2D eigenvalue weighted by atomic mass is 16.5. The van der Waals surface area contributed by atoms with Gasteiger partial charge in [-0.25, -0.2) is 0 Å². The Bertz CT molecular complexity index is 566. The molecule has 2 rings (SSSR count). The summed E-state index contributed by atoms with van der Waals surface area (Å²) in [4.78, 5) is 0. The number of benzene rings is 1. The molecule has 108 valence electrons. The molecular formula is C16H23N3O. The van der Waals surface area contributed by atoms with E-state index in [1.807, 2.05) is 42.9 Å². The third-order valence-electron chi connectivity index (χ3n) is 3.55. The lowest BCUT2D eigenvalue weighted by Gasteiger charge is -2.12. The molecule has 0 aliphatic heterocycles. The van der Waals surface area contributed by atoms with Gasteiger partial charge in [0.2, 0.25) is 0 Å². The van der Waals surface area contributed by atoms with Crippen molar-refractivity contribution in [3.63, 3.8) is 0 Å². The average Bonchev–Trinajstić information content (AvgIpc) is 2.85. The number of ether oxygens (including phenoxy) is 1. The monoisotopic (exact) mass is 273 g/mol. The van der Waals surface area contributed by atoms with Crippen LogP contribution in [0, 0.1) is 13.8 Å². The predicted molar refractivity (Wildman–Crippen MR) is 81.9 cm³/mol. The Balaban J connectivity index is 2.07. The van der Waals surface area contributed by atoms with Gasteiger partial charge in [0.25, 0.3) is 0 Å². The summed E-state index contributed by atoms with van der Waals surface area (Å²) >= 11 is 0. The standard InChI is InChI=1S/C16H23N3O/c1-5-13(4)19-7-6-15(18-19)10-20-16-11(2)8-14(17)9-12(16)3/h6-9,13H,5,10,17H2,1-4H3. The first-order valence-electron chi connectivity index (χ1n) is 7.04. The molecule has 1 aromatic heterocycles. The second-order valence-corrected chi connectivity index (χ2v) is 5.32. The first-order valence-corrected chi connectivity index (χ1v) is 7.04. The van der Waals surface area contributed by atoms with Gasteiger partial charge in [-0.15, -0.1) is 0 Å². The van der Waals surface area contributed by atoms with Crippen LogP contribution in [0.4, 0.5) is 5.69 Å². The molecule has 1 unspecified atom stereocenters. The number of aromatic nitrogens is 2. The van der Waals surface area contributed by atoms with Crippen LogP contribution >= 0.6 is 0 Å². The van der Waals surface area contributed by atoms with E-state index in [0.29, 0.717) is 12.6 Å². The number of nitrogen functional groups attached to an aromatic ring is 1. The van der Waals surface area contributed by atoms with E-state index >= 15 is 0 Å². The van der Waals surface area contributed by atoms with E-state index in [-0.39, 0.29) is 0 Å². The Kier molecular flexibility index (Phi) is 4.32. The second-order valence-electron chi connectivity index (χ2n) is 5.32. The fourth-order valence-corrected chi connectivity index (χ4v) is 2.24. The molecule has 2 aromatic rings. The van der Waals surface area contributed by atoms with Crippen LogP contribution < -0.4 is 10.5 Å². The quantitative estimate of drug-likeness (QED) is 0.846. The van der Waals surface area contributed by atoms with Gasteiger partial charge in [-0.3, -0.25) is 4.68 Å². The van der Waals surface area contributed by atoms with Crippen LogP contribution in [0.25, 0.3) is 0 Å². The lowest BCUT2D eigenvalue weighted by molar-refractivity contribution is 0.294. The number of aryl methyl sites for hydroxylation is 2. The zero-order chi connectivity index (χ0) is 14.7. The predicted octanol–water partition coefficient (Wildman–Crippen LogP) is 3.63. The topological polar surface area (TPSA) is 53.1 Å². The fourth-order valence-electron chi connectivity index (χ4n) is 2.24. The summed E-state index contributed by atoms with van der Waals surface area (Å²) < 4.78 is 7.89. The van der Waals surface area contributed by atoms with E-state index in [1.54, 1.807) is 0 Å². The smallest absolute Gasteiger partial charge is 0.132 e. The van der Waals surface area contributed by atoms with Gasteiger partial charge in [-0.1, -0.05) is 6.92 Å². The molecule has 4 heteroatoms. The molecule has 4 nitrogen and oxygen atoms in total. The van der Waals surface area contributed by atoms with E-state index in [2.05, 4.69) is 18.9 Å². The second kappa shape index (κ2) is 5.99. The van der Waals surface area contributed by atoms with Crippen LogP contribution in [0.15, 0.2) is 24.4 Å². The summed E-state index contributed by atoms with van der Waals surface area (Å²) in [7, 11) is 0. The molecule has 0 bridgehead atoms. The molecule has 0 saturated heterocycles. The van der Waals surface area contributed by atoms with Crippen LogP contribution in [0.1, 0.15) is 43.1 Å². The maximum atomic E-state index is 5.90. The number of anilines is 1. The number of hydrogen-bond donors (Lipinski definition) is 1. The van der Waals surface area contributed by atoms with E-state index in [9.17, 15) is 0 Å². The van der Waals surface area contributed by atoms with Gasteiger partial charge < -0.3 is 10.5 Å². The lowest BCUT2D eigenvalue weighted by Crippen LogP contribution is -2.06. The molecule has 0 amide bonds. The summed E-state index contributed by atoms with van der Waals surface area (Å²) in [6, 6.07) is 6.29. The summed E-state index contributed by atoms with van der Waals surface area (Å²) in [5.41, 5.74) is 9.65. The molecule has 1 aromatic carbocycles. The number of hydrogen-bond acceptors (Lipinski definition) is 3. The van der Waals surface area contributed by atoms with Crippen molar-refractivity contribution in [1.82, 2.24) is 9.78 Å². The minimum atomic E-state index is 0.420. The SMILES string of the molecule is CCC(C)n1ccc(COc2c(C)cc(N)cc2C)n1. The van der Waals surface area contributed by atoms with E-state index in [1.165, 1.54) is 0 Å². The van der Waals surface area contributed by atoms with Gasteiger partial charge in [-0.2, -0.15) is 5.10 Å². The van der Waals surface area contributed by atoms with Crippen LogP contribution in [0.2, 0.25) is 0 Å². The molecule has 0 fully saturated rings. The van der Waals surface area contributed by atoms with Crippen molar-refractivity contribution in [2.75, 3.05) is 5.73 Å².